The first kappa shape index (κ1) is 14.1. The standard InChI is InChI=1S/C16H15N3O3/c1-16(14(20)18-10-11-6-4-5-9-17-11)15(21)19-12-7-2-3-8-13(12)22-16/h2-9H,10H2,1H3,(H,18,20)(H,19,21). The molecule has 0 saturated carbocycles. The Morgan fingerprint density at radius 2 is 2.05 bits per heavy atom. The molecule has 2 aromatic rings. The van der Waals surface area contributed by atoms with Gasteiger partial charge in [-0.15, -0.1) is 0 Å². The van der Waals surface area contributed by atoms with Crippen LogP contribution in [-0.4, -0.2) is 22.4 Å². The lowest BCUT2D eigenvalue weighted by Gasteiger charge is -2.33. The van der Waals surface area contributed by atoms with Crippen LogP contribution in [0.3, 0.4) is 0 Å². The molecule has 2 N–H and O–H groups in total. The van der Waals surface area contributed by atoms with Crippen LogP contribution in [0.1, 0.15) is 12.6 Å². The number of aromatic nitrogens is 1. The van der Waals surface area contributed by atoms with Crippen molar-refractivity contribution in [3.05, 3.63) is 54.4 Å². The molecule has 1 aromatic heterocycles. The lowest BCUT2D eigenvalue weighted by atomic mass is 10.0. The summed E-state index contributed by atoms with van der Waals surface area (Å²) >= 11 is 0. The highest BCUT2D eigenvalue weighted by Crippen LogP contribution is 2.33. The van der Waals surface area contributed by atoms with E-state index < -0.39 is 17.4 Å². The van der Waals surface area contributed by atoms with Crippen molar-refractivity contribution in [1.82, 2.24) is 10.3 Å². The molecule has 2 amide bonds. The number of rotatable bonds is 3. The number of ether oxygens (including phenoxy) is 1. The Bertz CT molecular complexity index is 718. The fourth-order valence-corrected chi connectivity index (χ4v) is 2.16. The van der Waals surface area contributed by atoms with Crippen LogP contribution in [0.4, 0.5) is 5.69 Å². The van der Waals surface area contributed by atoms with E-state index in [2.05, 4.69) is 15.6 Å². The van der Waals surface area contributed by atoms with Gasteiger partial charge >= 0.3 is 0 Å². The zero-order chi connectivity index (χ0) is 15.6. The molecule has 0 aliphatic carbocycles. The summed E-state index contributed by atoms with van der Waals surface area (Å²) in [6.07, 6.45) is 1.64. The van der Waals surface area contributed by atoms with Gasteiger partial charge in [-0.05, 0) is 31.2 Å². The Labute approximate surface area is 127 Å². The van der Waals surface area contributed by atoms with E-state index in [0.717, 1.165) is 0 Å². The van der Waals surface area contributed by atoms with Crippen LogP contribution in [0.15, 0.2) is 48.7 Å². The summed E-state index contributed by atoms with van der Waals surface area (Å²) in [5.41, 5.74) is -0.345. The third kappa shape index (κ3) is 2.50. The second-order valence-corrected chi connectivity index (χ2v) is 5.09. The topological polar surface area (TPSA) is 80.3 Å². The van der Waals surface area contributed by atoms with E-state index in [0.29, 0.717) is 17.1 Å². The molecular formula is C16H15N3O3. The van der Waals surface area contributed by atoms with Crippen LogP contribution in [0.5, 0.6) is 5.75 Å². The van der Waals surface area contributed by atoms with Crippen LogP contribution in [0.25, 0.3) is 0 Å². The van der Waals surface area contributed by atoms with Crippen LogP contribution in [0, 0.1) is 0 Å². The van der Waals surface area contributed by atoms with Gasteiger partial charge in [-0.1, -0.05) is 18.2 Å². The fourth-order valence-electron chi connectivity index (χ4n) is 2.16. The maximum Gasteiger partial charge on any atom is 0.278 e. The van der Waals surface area contributed by atoms with E-state index in [1.807, 2.05) is 6.07 Å². The number of nitrogens with one attached hydrogen (secondary N) is 2. The summed E-state index contributed by atoms with van der Waals surface area (Å²) < 4.78 is 5.64. The number of fused-ring (bicyclic) bond motifs is 1. The van der Waals surface area contributed by atoms with E-state index >= 15 is 0 Å². The monoisotopic (exact) mass is 297 g/mol. The first-order valence-electron chi connectivity index (χ1n) is 6.87. The van der Waals surface area contributed by atoms with E-state index in [1.165, 1.54) is 6.92 Å². The molecule has 0 bridgehead atoms. The molecule has 0 fully saturated rings. The molecule has 0 saturated heterocycles. The molecular weight excluding hydrogens is 282 g/mol. The number of para-hydroxylation sites is 2. The van der Waals surface area contributed by atoms with Gasteiger partial charge in [0.15, 0.2) is 0 Å². The van der Waals surface area contributed by atoms with Gasteiger partial charge in [-0.2, -0.15) is 0 Å². The van der Waals surface area contributed by atoms with Crippen molar-refractivity contribution in [2.45, 2.75) is 19.1 Å². The summed E-state index contributed by atoms with van der Waals surface area (Å²) in [5, 5.41) is 5.37. The smallest absolute Gasteiger partial charge is 0.278 e. The lowest BCUT2D eigenvalue weighted by molar-refractivity contribution is -0.146. The van der Waals surface area contributed by atoms with Gasteiger partial charge in [0.2, 0.25) is 0 Å². The van der Waals surface area contributed by atoms with Gasteiger partial charge in [-0.25, -0.2) is 0 Å². The van der Waals surface area contributed by atoms with Crippen molar-refractivity contribution in [3.8, 4) is 5.75 Å². The highest BCUT2D eigenvalue weighted by molar-refractivity contribution is 6.15. The normalized spacial score (nSPS) is 19.6. The Morgan fingerprint density at radius 3 is 2.82 bits per heavy atom. The maximum absolute atomic E-state index is 12.4. The van der Waals surface area contributed by atoms with Crippen LogP contribution in [0.2, 0.25) is 0 Å². The second-order valence-electron chi connectivity index (χ2n) is 5.09. The number of hydrogen-bond acceptors (Lipinski definition) is 4. The molecule has 1 aromatic carbocycles. The number of pyridine rings is 1. The third-order valence-electron chi connectivity index (χ3n) is 3.47. The minimum atomic E-state index is -1.61. The minimum absolute atomic E-state index is 0.230. The van der Waals surface area contributed by atoms with Crippen molar-refractivity contribution >= 4 is 17.5 Å². The predicted octanol–water partition coefficient (Wildman–Crippen LogP) is 1.49. The largest absolute Gasteiger partial charge is 0.466 e. The molecule has 0 spiro atoms. The zero-order valence-corrected chi connectivity index (χ0v) is 12.0. The number of carbonyl (C=O) groups is 2. The number of carbonyl (C=O) groups excluding carboxylic acids is 2. The van der Waals surface area contributed by atoms with E-state index in [9.17, 15) is 9.59 Å². The zero-order valence-electron chi connectivity index (χ0n) is 12.0. The lowest BCUT2D eigenvalue weighted by Crippen LogP contribution is -2.58. The summed E-state index contributed by atoms with van der Waals surface area (Å²) in [6.45, 7) is 1.68. The van der Waals surface area contributed by atoms with E-state index in [-0.39, 0.29) is 6.54 Å². The van der Waals surface area contributed by atoms with Crippen LogP contribution in [-0.2, 0) is 16.1 Å². The average Bonchev–Trinajstić information content (AvgIpc) is 2.54. The van der Waals surface area contributed by atoms with Crippen LogP contribution >= 0.6 is 0 Å². The third-order valence-corrected chi connectivity index (χ3v) is 3.47. The first-order chi connectivity index (χ1) is 10.6. The van der Waals surface area contributed by atoms with E-state index in [1.54, 1.807) is 42.6 Å². The molecule has 22 heavy (non-hydrogen) atoms. The van der Waals surface area contributed by atoms with Crippen LogP contribution < -0.4 is 15.4 Å². The highest BCUT2D eigenvalue weighted by Gasteiger charge is 2.47. The molecule has 6 heteroatoms. The molecule has 112 valence electrons. The maximum atomic E-state index is 12.4. The average molecular weight is 297 g/mol. The molecule has 2 heterocycles. The Kier molecular flexibility index (Phi) is 3.50. The Morgan fingerprint density at radius 1 is 1.27 bits per heavy atom. The number of nitrogens with zero attached hydrogens (tertiary/aromatic N) is 1. The number of amides is 2. The summed E-state index contributed by atoms with van der Waals surface area (Å²) in [6, 6.07) is 12.4. The quantitative estimate of drug-likeness (QED) is 0.841. The van der Waals surface area contributed by atoms with Crippen molar-refractivity contribution in [2.24, 2.45) is 0 Å². The summed E-state index contributed by atoms with van der Waals surface area (Å²) in [7, 11) is 0. The number of hydrogen-bond donors (Lipinski definition) is 2. The van der Waals surface area contributed by atoms with Gasteiger partial charge in [0.1, 0.15) is 5.75 Å². The SMILES string of the molecule is CC1(C(=O)NCc2ccccn2)Oc2ccccc2NC1=O. The Hall–Kier alpha value is -2.89. The van der Waals surface area contributed by atoms with Gasteiger partial charge in [0.05, 0.1) is 17.9 Å². The van der Waals surface area contributed by atoms with Crippen molar-refractivity contribution in [3.63, 3.8) is 0 Å². The Balaban J connectivity index is 1.75. The minimum Gasteiger partial charge on any atom is -0.466 e. The van der Waals surface area contributed by atoms with Gasteiger partial charge in [0.25, 0.3) is 17.4 Å². The van der Waals surface area contributed by atoms with Gasteiger partial charge < -0.3 is 15.4 Å². The molecule has 1 aliphatic rings. The molecule has 0 radical (unpaired) electrons. The first-order valence-corrected chi connectivity index (χ1v) is 6.87. The summed E-state index contributed by atoms with van der Waals surface area (Å²) in [5.74, 6) is -0.535. The molecule has 1 aliphatic heterocycles. The van der Waals surface area contributed by atoms with Crippen molar-refractivity contribution in [1.29, 1.82) is 0 Å². The van der Waals surface area contributed by atoms with E-state index in [4.69, 9.17) is 4.74 Å². The van der Waals surface area contributed by atoms with Crippen molar-refractivity contribution in [2.75, 3.05) is 5.32 Å². The highest BCUT2D eigenvalue weighted by atomic mass is 16.5. The summed E-state index contributed by atoms with van der Waals surface area (Å²) in [4.78, 5) is 28.7. The number of benzene rings is 1. The second kappa shape index (κ2) is 5.48. The molecule has 3 rings (SSSR count). The van der Waals surface area contributed by atoms with Gasteiger partial charge in [0, 0.05) is 6.20 Å². The molecule has 1 atom stereocenters. The predicted molar refractivity (Wildman–Crippen MR) is 80.2 cm³/mol. The molecule has 6 nitrogen and oxygen atoms in total. The number of anilines is 1. The van der Waals surface area contributed by atoms with Crippen molar-refractivity contribution < 1.29 is 14.3 Å². The molecule has 1 unspecified atom stereocenters. The van der Waals surface area contributed by atoms with Gasteiger partial charge in [-0.3, -0.25) is 14.6 Å². The fraction of sp³-hybridized carbons (Fsp3) is 0.188.